The first kappa shape index (κ1) is 17.1. The predicted molar refractivity (Wildman–Crippen MR) is 110 cm³/mol. The van der Waals surface area contributed by atoms with Crippen LogP contribution in [0, 0.1) is 6.92 Å². The molecule has 3 heterocycles. The van der Waals surface area contributed by atoms with Crippen molar-refractivity contribution in [3.63, 3.8) is 0 Å². The SMILES string of the molecule is Cc1nccc(-c2[nH]c3ccc(C4CCNCC4)cc3c2C(C)C)c1N. The van der Waals surface area contributed by atoms with Crippen LogP contribution in [0.2, 0.25) is 0 Å². The Morgan fingerprint density at radius 1 is 1.15 bits per heavy atom. The monoisotopic (exact) mass is 348 g/mol. The van der Waals surface area contributed by atoms with Crippen molar-refractivity contribution in [2.75, 3.05) is 18.8 Å². The van der Waals surface area contributed by atoms with E-state index in [9.17, 15) is 0 Å². The topological polar surface area (TPSA) is 66.7 Å². The molecule has 0 bridgehead atoms. The van der Waals surface area contributed by atoms with Crippen molar-refractivity contribution in [1.82, 2.24) is 15.3 Å². The highest BCUT2D eigenvalue weighted by atomic mass is 14.9. The van der Waals surface area contributed by atoms with Crippen molar-refractivity contribution in [1.29, 1.82) is 0 Å². The van der Waals surface area contributed by atoms with Crippen molar-refractivity contribution in [3.8, 4) is 11.3 Å². The molecule has 2 aromatic heterocycles. The summed E-state index contributed by atoms with van der Waals surface area (Å²) < 4.78 is 0. The highest BCUT2D eigenvalue weighted by molar-refractivity contribution is 5.94. The molecule has 1 aromatic carbocycles. The normalized spacial score (nSPS) is 15.8. The van der Waals surface area contributed by atoms with Gasteiger partial charge in [0.05, 0.1) is 17.1 Å². The number of rotatable bonds is 3. The number of aryl methyl sites for hydroxylation is 1. The second kappa shape index (κ2) is 6.76. The van der Waals surface area contributed by atoms with Crippen molar-refractivity contribution in [2.45, 2.75) is 45.4 Å². The Labute approximate surface area is 155 Å². The van der Waals surface area contributed by atoms with Gasteiger partial charge >= 0.3 is 0 Å². The van der Waals surface area contributed by atoms with Gasteiger partial charge in [-0.15, -0.1) is 0 Å². The molecular weight excluding hydrogens is 320 g/mol. The molecule has 3 aromatic rings. The second-order valence-electron chi connectivity index (χ2n) is 7.76. The number of nitrogens with zero attached hydrogens (tertiary/aromatic N) is 1. The van der Waals surface area contributed by atoms with Crippen LogP contribution in [0.5, 0.6) is 0 Å². The lowest BCUT2D eigenvalue weighted by atomic mass is 9.88. The van der Waals surface area contributed by atoms with E-state index in [-0.39, 0.29) is 0 Å². The maximum absolute atomic E-state index is 6.36. The number of pyridine rings is 1. The molecule has 4 N–H and O–H groups in total. The van der Waals surface area contributed by atoms with E-state index in [2.05, 4.69) is 47.3 Å². The number of H-pyrrole nitrogens is 1. The van der Waals surface area contributed by atoms with Gasteiger partial charge < -0.3 is 16.0 Å². The van der Waals surface area contributed by atoms with Crippen LogP contribution in [-0.2, 0) is 0 Å². The molecule has 1 aliphatic heterocycles. The Kier molecular flexibility index (Phi) is 4.45. The summed E-state index contributed by atoms with van der Waals surface area (Å²) in [6.45, 7) is 8.71. The van der Waals surface area contributed by atoms with Gasteiger partial charge in [0.2, 0.25) is 0 Å². The number of hydrogen-bond acceptors (Lipinski definition) is 3. The first-order chi connectivity index (χ1) is 12.6. The fraction of sp³-hybridized carbons (Fsp3) is 0.409. The molecule has 0 unspecified atom stereocenters. The van der Waals surface area contributed by atoms with Gasteiger partial charge in [-0.1, -0.05) is 19.9 Å². The van der Waals surface area contributed by atoms with Gasteiger partial charge in [0.25, 0.3) is 0 Å². The minimum absolute atomic E-state index is 0.412. The lowest BCUT2D eigenvalue weighted by Crippen LogP contribution is -2.26. The van der Waals surface area contributed by atoms with Crippen LogP contribution in [0.25, 0.3) is 22.2 Å². The number of fused-ring (bicyclic) bond motifs is 1. The highest BCUT2D eigenvalue weighted by Crippen LogP contribution is 2.39. The maximum Gasteiger partial charge on any atom is 0.0625 e. The second-order valence-corrected chi connectivity index (χ2v) is 7.76. The first-order valence-corrected chi connectivity index (χ1v) is 9.64. The molecule has 0 aliphatic carbocycles. The number of nitrogens with two attached hydrogens (primary N) is 1. The summed E-state index contributed by atoms with van der Waals surface area (Å²) in [5, 5.41) is 4.80. The van der Waals surface area contributed by atoms with Crippen LogP contribution < -0.4 is 11.1 Å². The van der Waals surface area contributed by atoms with E-state index in [1.807, 2.05) is 19.2 Å². The van der Waals surface area contributed by atoms with Gasteiger partial charge in [0.1, 0.15) is 0 Å². The van der Waals surface area contributed by atoms with Crippen LogP contribution in [0.4, 0.5) is 5.69 Å². The molecule has 4 heteroatoms. The van der Waals surface area contributed by atoms with Crippen molar-refractivity contribution in [3.05, 3.63) is 47.3 Å². The van der Waals surface area contributed by atoms with Gasteiger partial charge in [-0.2, -0.15) is 0 Å². The van der Waals surface area contributed by atoms with Gasteiger partial charge in [-0.25, -0.2) is 0 Å². The van der Waals surface area contributed by atoms with E-state index < -0.39 is 0 Å². The molecule has 0 amide bonds. The fourth-order valence-electron chi connectivity index (χ4n) is 4.25. The summed E-state index contributed by atoms with van der Waals surface area (Å²) in [5.74, 6) is 1.07. The van der Waals surface area contributed by atoms with E-state index in [4.69, 9.17) is 5.73 Å². The molecule has 1 fully saturated rings. The Morgan fingerprint density at radius 2 is 1.92 bits per heavy atom. The zero-order valence-electron chi connectivity index (χ0n) is 15.9. The average molecular weight is 348 g/mol. The Hall–Kier alpha value is -2.33. The zero-order valence-corrected chi connectivity index (χ0v) is 15.9. The number of benzene rings is 1. The van der Waals surface area contributed by atoms with Crippen LogP contribution in [-0.4, -0.2) is 23.1 Å². The maximum atomic E-state index is 6.36. The molecular formula is C22H28N4. The number of anilines is 1. The quantitative estimate of drug-likeness (QED) is 0.642. The van der Waals surface area contributed by atoms with E-state index >= 15 is 0 Å². The van der Waals surface area contributed by atoms with Crippen molar-refractivity contribution < 1.29 is 0 Å². The summed E-state index contributed by atoms with van der Waals surface area (Å²) in [6, 6.07) is 8.97. The fourth-order valence-corrected chi connectivity index (χ4v) is 4.25. The summed E-state index contributed by atoms with van der Waals surface area (Å²) >= 11 is 0. The number of hydrogen-bond donors (Lipinski definition) is 3. The molecule has 26 heavy (non-hydrogen) atoms. The van der Waals surface area contributed by atoms with Gasteiger partial charge in [0, 0.05) is 22.7 Å². The molecule has 1 saturated heterocycles. The van der Waals surface area contributed by atoms with E-state index in [0.29, 0.717) is 11.8 Å². The summed E-state index contributed by atoms with van der Waals surface area (Å²) in [5.41, 5.74) is 14.2. The third-order valence-corrected chi connectivity index (χ3v) is 5.71. The first-order valence-electron chi connectivity index (χ1n) is 9.64. The van der Waals surface area contributed by atoms with Gasteiger partial charge in [-0.3, -0.25) is 4.98 Å². The van der Waals surface area contributed by atoms with E-state index in [1.54, 1.807) is 0 Å². The average Bonchev–Trinajstić information content (AvgIpc) is 3.03. The minimum Gasteiger partial charge on any atom is -0.397 e. The molecule has 4 rings (SSSR count). The Bertz CT molecular complexity index is 933. The zero-order chi connectivity index (χ0) is 18.3. The third-order valence-electron chi connectivity index (χ3n) is 5.71. The number of piperidine rings is 1. The molecule has 0 spiro atoms. The molecule has 0 saturated carbocycles. The number of aromatic nitrogens is 2. The van der Waals surface area contributed by atoms with Gasteiger partial charge in [-0.05, 0) is 74.0 Å². The smallest absolute Gasteiger partial charge is 0.0625 e. The highest BCUT2D eigenvalue weighted by Gasteiger charge is 2.21. The summed E-state index contributed by atoms with van der Waals surface area (Å²) in [6.07, 6.45) is 4.28. The largest absolute Gasteiger partial charge is 0.397 e. The van der Waals surface area contributed by atoms with Crippen LogP contribution in [0.1, 0.15) is 55.3 Å². The molecule has 4 nitrogen and oxygen atoms in total. The molecule has 0 radical (unpaired) electrons. The van der Waals surface area contributed by atoms with Crippen LogP contribution >= 0.6 is 0 Å². The minimum atomic E-state index is 0.412. The number of nitrogen functional groups attached to an aromatic ring is 1. The van der Waals surface area contributed by atoms with Crippen LogP contribution in [0.3, 0.4) is 0 Å². The Balaban J connectivity index is 1.89. The lowest BCUT2D eigenvalue weighted by Gasteiger charge is -2.23. The Morgan fingerprint density at radius 3 is 2.65 bits per heavy atom. The summed E-state index contributed by atoms with van der Waals surface area (Å²) in [7, 11) is 0. The van der Waals surface area contributed by atoms with E-state index in [0.717, 1.165) is 35.7 Å². The number of nitrogens with one attached hydrogen (secondary N) is 2. The molecule has 1 aliphatic rings. The van der Waals surface area contributed by atoms with Gasteiger partial charge in [0.15, 0.2) is 0 Å². The van der Waals surface area contributed by atoms with Crippen molar-refractivity contribution in [2.24, 2.45) is 0 Å². The number of aromatic amines is 1. The van der Waals surface area contributed by atoms with E-state index in [1.165, 1.54) is 34.9 Å². The predicted octanol–water partition coefficient (Wildman–Crippen LogP) is 4.71. The molecule has 136 valence electrons. The standard InChI is InChI=1S/C22H28N4/c1-13(2)20-18-12-16(15-6-9-24-10-7-15)4-5-19(18)26-22(20)17-8-11-25-14(3)21(17)23/h4-5,8,11-13,15,24,26H,6-7,9-10,23H2,1-3H3. The van der Waals surface area contributed by atoms with Crippen LogP contribution in [0.15, 0.2) is 30.5 Å². The molecule has 0 atom stereocenters. The lowest BCUT2D eigenvalue weighted by molar-refractivity contribution is 0.460. The summed E-state index contributed by atoms with van der Waals surface area (Å²) in [4.78, 5) is 7.96. The van der Waals surface area contributed by atoms with Crippen molar-refractivity contribution >= 4 is 16.6 Å². The third kappa shape index (κ3) is 2.88.